The van der Waals surface area contributed by atoms with E-state index in [0.29, 0.717) is 6.61 Å². The van der Waals surface area contributed by atoms with Crippen molar-refractivity contribution in [3.8, 4) is 0 Å². The maximum absolute atomic E-state index is 9.82. The number of carbonyl (C=O) groups is 3. The Balaban J connectivity index is -0.000000204. The summed E-state index contributed by atoms with van der Waals surface area (Å²) in [6.45, 7) is 8.54. The Hall–Kier alpha value is -2.17. The van der Waals surface area contributed by atoms with Gasteiger partial charge in [-0.15, -0.1) is 0 Å². The van der Waals surface area contributed by atoms with E-state index in [2.05, 4.69) is 23.8 Å². The van der Waals surface area contributed by atoms with Gasteiger partial charge in [0.15, 0.2) is 0 Å². The number of Topliss-reactive ketones (excluding diaryl/α,β-unsaturated/α-hetero) is 1. The number of benzene rings is 1. The molecule has 0 bridgehead atoms. The summed E-state index contributed by atoms with van der Waals surface area (Å²) in [7, 11) is 0. The van der Waals surface area contributed by atoms with Crippen molar-refractivity contribution in [3.63, 3.8) is 0 Å². The lowest BCUT2D eigenvalue weighted by atomic mass is 10.2. The van der Waals surface area contributed by atoms with Gasteiger partial charge in [0.05, 0.1) is 6.61 Å². The zero-order valence-corrected chi connectivity index (χ0v) is 12.8. The van der Waals surface area contributed by atoms with Gasteiger partial charge in [-0.25, -0.2) is 0 Å². The lowest BCUT2D eigenvalue weighted by Crippen LogP contribution is -1.95. The number of hydrogen-bond donors (Lipinski definition) is 1. The fourth-order valence-electron chi connectivity index (χ4n) is 0.738. The van der Waals surface area contributed by atoms with Crippen LogP contribution in [-0.4, -0.2) is 29.9 Å². The minimum absolute atomic E-state index is 0.167. The Morgan fingerprint density at radius 2 is 1.50 bits per heavy atom. The first-order valence-corrected chi connectivity index (χ1v) is 6.01. The van der Waals surface area contributed by atoms with Gasteiger partial charge in [0.25, 0.3) is 6.47 Å². The van der Waals surface area contributed by atoms with E-state index in [-0.39, 0.29) is 18.2 Å². The van der Waals surface area contributed by atoms with Gasteiger partial charge in [-0.1, -0.05) is 35.9 Å². The summed E-state index contributed by atoms with van der Waals surface area (Å²) in [6.07, 6.45) is 0. The van der Waals surface area contributed by atoms with Crippen LogP contribution in [0.25, 0.3) is 0 Å². The summed E-state index contributed by atoms with van der Waals surface area (Å²) in [5, 5.41) is 6.89. The first-order chi connectivity index (χ1) is 9.31. The third kappa shape index (κ3) is 44.7. The van der Waals surface area contributed by atoms with E-state index in [4.69, 9.17) is 9.90 Å². The standard InChI is InChI=1S/C7H8.C4H8O2.C3H6O.CH2O2/c1-7-5-3-2-4-6-7;1-3-6-4(2)5;1-3(2)4;2-1-3/h2-6H,1H3;3H2,1-2H3;1-2H3;1H,(H,2,3). The third-order valence-corrected chi connectivity index (χ3v) is 1.29. The zero-order valence-electron chi connectivity index (χ0n) is 12.8. The van der Waals surface area contributed by atoms with Crippen LogP contribution in [0.5, 0.6) is 0 Å². The highest BCUT2D eigenvalue weighted by Crippen LogP contribution is 1.92. The molecule has 5 nitrogen and oxygen atoms in total. The van der Waals surface area contributed by atoms with Crippen LogP contribution in [0.3, 0.4) is 0 Å². The summed E-state index contributed by atoms with van der Waals surface area (Å²) < 4.78 is 4.40. The molecule has 1 aromatic rings. The molecule has 0 unspecified atom stereocenters. The Labute approximate surface area is 120 Å². The monoisotopic (exact) mass is 284 g/mol. The van der Waals surface area contributed by atoms with Gasteiger partial charge in [-0.05, 0) is 27.7 Å². The average molecular weight is 284 g/mol. The van der Waals surface area contributed by atoms with Gasteiger partial charge >= 0.3 is 5.97 Å². The summed E-state index contributed by atoms with van der Waals surface area (Å²) in [5.41, 5.74) is 1.32. The molecule has 0 atom stereocenters. The summed E-state index contributed by atoms with van der Waals surface area (Å²) >= 11 is 0. The number of aryl methyl sites for hydroxylation is 1. The SMILES string of the molecule is CC(C)=O.CCOC(C)=O.Cc1ccccc1.O=CO. The van der Waals surface area contributed by atoms with Crippen molar-refractivity contribution >= 4 is 18.2 Å². The van der Waals surface area contributed by atoms with E-state index in [1.807, 2.05) is 18.2 Å². The Bertz CT molecular complexity index is 343. The number of ether oxygens (including phenoxy) is 1. The second-order valence-electron chi connectivity index (χ2n) is 3.59. The molecular weight excluding hydrogens is 260 g/mol. The summed E-state index contributed by atoms with van der Waals surface area (Å²) in [4.78, 5) is 27.6. The highest BCUT2D eigenvalue weighted by atomic mass is 16.5. The van der Waals surface area contributed by atoms with Crippen molar-refractivity contribution in [2.75, 3.05) is 6.61 Å². The fourth-order valence-corrected chi connectivity index (χ4v) is 0.738. The molecule has 0 aliphatic heterocycles. The van der Waals surface area contributed by atoms with Crippen LogP contribution in [-0.2, 0) is 19.1 Å². The first kappa shape index (κ1) is 23.0. The molecule has 0 saturated carbocycles. The molecule has 0 spiro atoms. The molecule has 114 valence electrons. The highest BCUT2D eigenvalue weighted by molar-refractivity contribution is 5.72. The second-order valence-corrected chi connectivity index (χ2v) is 3.59. The number of carboxylic acid groups (broad SMARTS) is 1. The number of esters is 1. The predicted molar refractivity (Wildman–Crippen MR) is 78.5 cm³/mol. The molecule has 0 fully saturated rings. The molecule has 0 saturated heterocycles. The molecule has 20 heavy (non-hydrogen) atoms. The molecule has 0 aliphatic rings. The maximum atomic E-state index is 9.82. The van der Waals surface area contributed by atoms with Gasteiger partial charge in [0.1, 0.15) is 5.78 Å². The summed E-state index contributed by atoms with van der Waals surface area (Å²) in [6, 6.07) is 10.3. The van der Waals surface area contributed by atoms with Gasteiger partial charge in [0, 0.05) is 6.92 Å². The van der Waals surface area contributed by atoms with E-state index >= 15 is 0 Å². The molecule has 0 aromatic heterocycles. The second kappa shape index (κ2) is 19.2. The van der Waals surface area contributed by atoms with Crippen LogP contribution in [0.15, 0.2) is 30.3 Å². The number of ketones is 1. The molecule has 5 heteroatoms. The van der Waals surface area contributed by atoms with Crippen LogP contribution in [0.2, 0.25) is 0 Å². The van der Waals surface area contributed by atoms with Crippen molar-refractivity contribution in [1.82, 2.24) is 0 Å². The number of carbonyl (C=O) groups excluding carboxylic acids is 2. The lowest BCUT2D eigenvalue weighted by Gasteiger charge is -1.89. The van der Waals surface area contributed by atoms with Crippen LogP contribution in [0, 0.1) is 6.92 Å². The van der Waals surface area contributed by atoms with Crippen LogP contribution < -0.4 is 0 Å². The van der Waals surface area contributed by atoms with Crippen LogP contribution in [0.1, 0.15) is 33.3 Å². The van der Waals surface area contributed by atoms with Gasteiger partial charge in [0.2, 0.25) is 0 Å². The van der Waals surface area contributed by atoms with E-state index in [0.717, 1.165) is 0 Å². The smallest absolute Gasteiger partial charge is 0.302 e. The molecule has 1 N–H and O–H groups in total. The molecule has 0 heterocycles. The Morgan fingerprint density at radius 1 is 1.15 bits per heavy atom. The van der Waals surface area contributed by atoms with E-state index in [1.165, 1.54) is 26.3 Å². The molecule has 1 aromatic carbocycles. The minimum atomic E-state index is -0.250. The first-order valence-electron chi connectivity index (χ1n) is 6.01. The zero-order chi connectivity index (χ0) is 16.4. The molecule has 0 amide bonds. The van der Waals surface area contributed by atoms with E-state index in [9.17, 15) is 9.59 Å². The number of hydrogen-bond acceptors (Lipinski definition) is 4. The fraction of sp³-hybridized carbons (Fsp3) is 0.400. The topological polar surface area (TPSA) is 80.7 Å². The quantitative estimate of drug-likeness (QED) is 0.633. The van der Waals surface area contributed by atoms with Crippen molar-refractivity contribution in [3.05, 3.63) is 35.9 Å². The van der Waals surface area contributed by atoms with Crippen molar-refractivity contribution in [2.24, 2.45) is 0 Å². The van der Waals surface area contributed by atoms with Gasteiger partial charge in [-0.3, -0.25) is 9.59 Å². The van der Waals surface area contributed by atoms with E-state index in [1.54, 1.807) is 6.92 Å². The Morgan fingerprint density at radius 3 is 1.60 bits per heavy atom. The van der Waals surface area contributed by atoms with E-state index < -0.39 is 0 Å². The van der Waals surface area contributed by atoms with Crippen LogP contribution >= 0.6 is 0 Å². The maximum Gasteiger partial charge on any atom is 0.302 e. The van der Waals surface area contributed by atoms with Crippen molar-refractivity contribution < 1.29 is 24.2 Å². The highest BCUT2D eigenvalue weighted by Gasteiger charge is 1.81. The third-order valence-electron chi connectivity index (χ3n) is 1.29. The molecule has 0 radical (unpaired) electrons. The van der Waals surface area contributed by atoms with Crippen LogP contribution in [0.4, 0.5) is 0 Å². The van der Waals surface area contributed by atoms with Gasteiger partial charge < -0.3 is 14.6 Å². The normalized spacial score (nSPS) is 7.25. The van der Waals surface area contributed by atoms with Crippen molar-refractivity contribution in [2.45, 2.75) is 34.6 Å². The largest absolute Gasteiger partial charge is 0.483 e. The molecule has 0 aliphatic carbocycles. The molecule has 1 rings (SSSR count). The lowest BCUT2D eigenvalue weighted by molar-refractivity contribution is -0.140. The summed E-state index contributed by atoms with van der Waals surface area (Å²) in [5.74, 6) is -0.0440. The van der Waals surface area contributed by atoms with Crippen molar-refractivity contribution in [1.29, 1.82) is 0 Å². The minimum Gasteiger partial charge on any atom is -0.483 e. The number of rotatable bonds is 1. The van der Waals surface area contributed by atoms with Gasteiger partial charge in [-0.2, -0.15) is 0 Å². The Kier molecular flexibility index (Phi) is 22.0. The predicted octanol–water partition coefficient (Wildman–Crippen LogP) is 2.86. The molecular formula is C15H24O5. The average Bonchev–Trinajstić information content (AvgIpc) is 2.30.